The van der Waals surface area contributed by atoms with Crippen LogP contribution >= 0.6 is 0 Å². The molecule has 0 saturated heterocycles. The van der Waals surface area contributed by atoms with Gasteiger partial charge in [0.1, 0.15) is 0 Å². The molecule has 0 radical (unpaired) electrons. The smallest absolute Gasteiger partial charge is 0.271 e. The van der Waals surface area contributed by atoms with E-state index in [1.165, 1.54) is 12.1 Å². The van der Waals surface area contributed by atoms with Gasteiger partial charge in [-0.2, -0.15) is 0 Å². The standard InChI is InChI=1S/C18H11N3O4/c19-14-9-11(21(24)25)7-8-15(14)20-17(22)12-5-1-3-10-4-2-6-13(16(10)12)18(20)23/h1-9H,19H2. The van der Waals surface area contributed by atoms with Gasteiger partial charge in [-0.1, -0.05) is 24.3 Å². The highest BCUT2D eigenvalue weighted by Crippen LogP contribution is 2.36. The second-order valence-electron chi connectivity index (χ2n) is 5.66. The van der Waals surface area contributed by atoms with E-state index >= 15 is 0 Å². The number of hydrogen-bond donors (Lipinski definition) is 1. The first-order chi connectivity index (χ1) is 12.0. The molecule has 0 bridgehead atoms. The molecule has 7 heteroatoms. The van der Waals surface area contributed by atoms with Crippen molar-refractivity contribution in [2.24, 2.45) is 0 Å². The molecule has 2 N–H and O–H groups in total. The Bertz CT molecular complexity index is 1040. The van der Waals surface area contributed by atoms with Crippen molar-refractivity contribution in [3.63, 3.8) is 0 Å². The minimum Gasteiger partial charge on any atom is -0.397 e. The number of amides is 2. The fourth-order valence-corrected chi connectivity index (χ4v) is 3.11. The zero-order valence-corrected chi connectivity index (χ0v) is 12.8. The lowest BCUT2D eigenvalue weighted by Crippen LogP contribution is -2.40. The van der Waals surface area contributed by atoms with Crippen LogP contribution in [0.15, 0.2) is 54.6 Å². The van der Waals surface area contributed by atoms with Gasteiger partial charge in [-0.05, 0) is 23.6 Å². The Hall–Kier alpha value is -3.74. The Morgan fingerprint density at radius 2 is 1.52 bits per heavy atom. The summed E-state index contributed by atoms with van der Waals surface area (Å²) >= 11 is 0. The molecule has 0 aliphatic carbocycles. The summed E-state index contributed by atoms with van der Waals surface area (Å²) in [5.41, 5.74) is 6.58. The predicted molar refractivity (Wildman–Crippen MR) is 92.6 cm³/mol. The summed E-state index contributed by atoms with van der Waals surface area (Å²) in [7, 11) is 0. The summed E-state index contributed by atoms with van der Waals surface area (Å²) in [6, 6.07) is 14.1. The van der Waals surface area contributed by atoms with Crippen molar-refractivity contribution in [1.29, 1.82) is 0 Å². The van der Waals surface area contributed by atoms with Crippen molar-refractivity contribution in [3.05, 3.63) is 75.8 Å². The highest BCUT2D eigenvalue weighted by atomic mass is 16.6. The van der Waals surface area contributed by atoms with E-state index in [4.69, 9.17) is 5.73 Å². The molecule has 0 fully saturated rings. The van der Waals surface area contributed by atoms with Crippen LogP contribution in [0.1, 0.15) is 20.7 Å². The topological polar surface area (TPSA) is 107 Å². The normalized spacial score (nSPS) is 13.4. The molecule has 3 aromatic carbocycles. The van der Waals surface area contributed by atoms with E-state index in [0.29, 0.717) is 16.5 Å². The minimum absolute atomic E-state index is 0.0116. The molecule has 1 aliphatic heterocycles. The average Bonchev–Trinajstić information content (AvgIpc) is 2.60. The van der Waals surface area contributed by atoms with Gasteiger partial charge in [0.2, 0.25) is 0 Å². The monoisotopic (exact) mass is 333 g/mol. The molecular weight excluding hydrogens is 322 g/mol. The first-order valence-electron chi connectivity index (χ1n) is 7.43. The number of nitrogens with zero attached hydrogens (tertiary/aromatic N) is 2. The highest BCUT2D eigenvalue weighted by Gasteiger charge is 2.35. The number of nitrogens with two attached hydrogens (primary N) is 1. The molecule has 0 aromatic heterocycles. The minimum atomic E-state index is -0.587. The SMILES string of the molecule is Nc1cc([N+](=O)[O-])ccc1N1C(=O)c2cccc3cccc(c23)C1=O. The molecule has 7 nitrogen and oxygen atoms in total. The number of nitro benzene ring substituents is 1. The van der Waals surface area contributed by atoms with Crippen LogP contribution in [0.3, 0.4) is 0 Å². The molecular formula is C18H11N3O4. The summed E-state index contributed by atoms with van der Waals surface area (Å²) in [4.78, 5) is 37.0. The van der Waals surface area contributed by atoms with Gasteiger partial charge < -0.3 is 5.73 Å². The Morgan fingerprint density at radius 3 is 2.04 bits per heavy atom. The number of nitro groups is 1. The lowest BCUT2D eigenvalue weighted by atomic mass is 9.93. The fourth-order valence-electron chi connectivity index (χ4n) is 3.11. The first kappa shape index (κ1) is 14.8. The highest BCUT2D eigenvalue weighted by molar-refractivity contribution is 6.36. The van der Waals surface area contributed by atoms with Crippen molar-refractivity contribution >= 4 is 39.6 Å². The predicted octanol–water partition coefficient (Wildman–Crippen LogP) is 3.13. The van der Waals surface area contributed by atoms with E-state index < -0.39 is 16.7 Å². The van der Waals surface area contributed by atoms with Crippen molar-refractivity contribution in [2.45, 2.75) is 0 Å². The van der Waals surface area contributed by atoms with Crippen molar-refractivity contribution < 1.29 is 14.5 Å². The van der Waals surface area contributed by atoms with E-state index in [9.17, 15) is 19.7 Å². The molecule has 1 aliphatic rings. The number of anilines is 2. The molecule has 0 unspecified atom stereocenters. The van der Waals surface area contributed by atoms with Crippen molar-refractivity contribution in [2.75, 3.05) is 10.6 Å². The van der Waals surface area contributed by atoms with Gasteiger partial charge in [-0.15, -0.1) is 0 Å². The molecule has 2 amide bonds. The second kappa shape index (κ2) is 5.13. The summed E-state index contributed by atoms with van der Waals surface area (Å²) in [5.74, 6) is -1.01. The summed E-state index contributed by atoms with van der Waals surface area (Å²) in [6.45, 7) is 0. The van der Waals surface area contributed by atoms with E-state index in [2.05, 4.69) is 0 Å². The molecule has 3 aromatic rings. The Kier molecular flexibility index (Phi) is 3.04. The van der Waals surface area contributed by atoms with Gasteiger partial charge >= 0.3 is 0 Å². The molecule has 25 heavy (non-hydrogen) atoms. The van der Waals surface area contributed by atoms with Gasteiger partial charge in [-0.25, -0.2) is 4.90 Å². The lowest BCUT2D eigenvalue weighted by molar-refractivity contribution is -0.384. The van der Waals surface area contributed by atoms with Gasteiger partial charge in [-0.3, -0.25) is 19.7 Å². The van der Waals surface area contributed by atoms with E-state index in [-0.39, 0.29) is 17.1 Å². The third-order valence-electron chi connectivity index (χ3n) is 4.23. The van der Waals surface area contributed by atoms with Gasteiger partial charge in [0.05, 0.1) is 16.3 Å². The van der Waals surface area contributed by atoms with Gasteiger partial charge in [0.15, 0.2) is 0 Å². The maximum absolute atomic E-state index is 12.9. The van der Waals surface area contributed by atoms with Crippen LogP contribution in [0.2, 0.25) is 0 Å². The maximum atomic E-state index is 12.9. The van der Waals surface area contributed by atoms with Crippen LogP contribution in [0, 0.1) is 10.1 Å². The number of imide groups is 1. The number of non-ortho nitro benzene ring substituents is 1. The zero-order valence-electron chi connectivity index (χ0n) is 12.8. The van der Waals surface area contributed by atoms with Crippen LogP contribution in [0.5, 0.6) is 0 Å². The van der Waals surface area contributed by atoms with E-state index in [0.717, 1.165) is 16.4 Å². The van der Waals surface area contributed by atoms with E-state index in [1.807, 2.05) is 12.1 Å². The maximum Gasteiger partial charge on any atom is 0.271 e. The number of benzene rings is 3. The molecule has 0 saturated carbocycles. The molecule has 4 rings (SSSR count). The van der Waals surface area contributed by atoms with Gasteiger partial charge in [0, 0.05) is 28.6 Å². The second-order valence-corrected chi connectivity index (χ2v) is 5.66. The third kappa shape index (κ3) is 2.06. The number of nitrogen functional groups attached to an aromatic ring is 1. The average molecular weight is 333 g/mol. The zero-order chi connectivity index (χ0) is 17.7. The van der Waals surface area contributed by atoms with Gasteiger partial charge in [0.25, 0.3) is 17.5 Å². The fraction of sp³-hybridized carbons (Fsp3) is 0. The van der Waals surface area contributed by atoms with Crippen LogP contribution in [-0.4, -0.2) is 16.7 Å². The van der Waals surface area contributed by atoms with Crippen LogP contribution in [-0.2, 0) is 0 Å². The quantitative estimate of drug-likeness (QED) is 0.335. The number of carbonyl (C=O) groups is 2. The Labute approximate surface area is 141 Å². The molecule has 122 valence electrons. The van der Waals surface area contributed by atoms with E-state index in [1.54, 1.807) is 24.3 Å². The summed E-state index contributed by atoms with van der Waals surface area (Å²) < 4.78 is 0. The summed E-state index contributed by atoms with van der Waals surface area (Å²) in [6.07, 6.45) is 0. The first-order valence-corrected chi connectivity index (χ1v) is 7.43. The van der Waals surface area contributed by atoms with Crippen LogP contribution < -0.4 is 10.6 Å². The number of rotatable bonds is 2. The van der Waals surface area contributed by atoms with Crippen molar-refractivity contribution in [1.82, 2.24) is 0 Å². The molecule has 0 spiro atoms. The van der Waals surface area contributed by atoms with Crippen LogP contribution in [0.25, 0.3) is 10.8 Å². The lowest BCUT2D eigenvalue weighted by Gasteiger charge is -2.27. The largest absolute Gasteiger partial charge is 0.397 e. The van der Waals surface area contributed by atoms with Crippen LogP contribution in [0.4, 0.5) is 17.1 Å². The number of hydrogen-bond acceptors (Lipinski definition) is 5. The Morgan fingerprint density at radius 1 is 0.920 bits per heavy atom. The summed E-state index contributed by atoms with van der Waals surface area (Å²) in [5, 5.41) is 12.3. The van der Waals surface area contributed by atoms with Crippen molar-refractivity contribution in [3.8, 4) is 0 Å². The Balaban J connectivity index is 1.93. The molecule has 1 heterocycles. The molecule has 0 atom stereocenters. The number of carbonyl (C=O) groups excluding carboxylic acids is 2. The third-order valence-corrected chi connectivity index (χ3v) is 4.23.